The smallest absolute Gasteiger partial charge is 0.420 e. The van der Waals surface area contributed by atoms with Gasteiger partial charge in [-0.2, -0.15) is 4.37 Å². The summed E-state index contributed by atoms with van der Waals surface area (Å²) < 4.78 is 66.6. The Morgan fingerprint density at radius 2 is 1.94 bits per heavy atom. The molecule has 0 saturated carbocycles. The maximum absolute atomic E-state index is 15.9. The number of methoxy groups -OCH3 is 1. The molecule has 48 heavy (non-hydrogen) atoms. The molecule has 0 unspecified atom stereocenters. The average molecular weight is 696 g/mol. The summed E-state index contributed by atoms with van der Waals surface area (Å²) in [7, 11) is -3.03. The van der Waals surface area contributed by atoms with Crippen LogP contribution < -0.4 is 14.8 Å². The summed E-state index contributed by atoms with van der Waals surface area (Å²) in [6.07, 6.45) is 1.38. The van der Waals surface area contributed by atoms with E-state index in [1.807, 2.05) is 25.1 Å². The summed E-state index contributed by atoms with van der Waals surface area (Å²) in [5.41, 5.74) is 3.36. The zero-order valence-corrected chi connectivity index (χ0v) is 28.7. The first-order valence-electron chi connectivity index (χ1n) is 15.1. The highest BCUT2D eigenvalue weighted by Crippen LogP contribution is 2.32. The standard InChI is InChI=1S/C33H34FN5O7S2/c1-20-13-24(44-5)10-9-22(20)17-39(30-35-19-36-47-30)48(42,43)29-15-28-27(14-26(29)34)38(32(41)45-28)16-23-8-6-7-21-11-12-37(18-25(21)23)31(40)46-33(2,3)4/h6-10,13-15,19H,11-12,16-18H2,1-5H3. The molecular weight excluding hydrogens is 662 g/mol. The number of ether oxygens (including phenoxy) is 2. The minimum Gasteiger partial charge on any atom is -0.497 e. The van der Waals surface area contributed by atoms with Crippen molar-refractivity contribution in [3.63, 3.8) is 0 Å². The molecule has 0 spiro atoms. The molecule has 3 heterocycles. The van der Waals surface area contributed by atoms with Crippen molar-refractivity contribution >= 4 is 43.9 Å². The van der Waals surface area contributed by atoms with Gasteiger partial charge in [0.15, 0.2) is 5.58 Å². The molecule has 3 aromatic carbocycles. The first-order chi connectivity index (χ1) is 22.7. The Morgan fingerprint density at radius 3 is 2.62 bits per heavy atom. The van der Waals surface area contributed by atoms with E-state index in [-0.39, 0.29) is 35.9 Å². The maximum atomic E-state index is 15.9. The van der Waals surface area contributed by atoms with Gasteiger partial charge < -0.3 is 18.8 Å². The van der Waals surface area contributed by atoms with Gasteiger partial charge in [0.05, 0.1) is 25.7 Å². The molecular formula is C33H34FN5O7S2. The summed E-state index contributed by atoms with van der Waals surface area (Å²) in [5, 5.41) is 0.0398. The number of aromatic nitrogens is 3. The number of halogens is 1. The topological polar surface area (TPSA) is 137 Å². The van der Waals surface area contributed by atoms with Gasteiger partial charge in [-0.1, -0.05) is 24.3 Å². The number of sulfonamides is 1. The fraction of sp³-hybridized carbons (Fsp3) is 0.333. The third-order valence-corrected chi connectivity index (χ3v) is 10.6. The first kappa shape index (κ1) is 33.2. The number of carbonyl (C=O) groups is 1. The van der Waals surface area contributed by atoms with Gasteiger partial charge in [-0.15, -0.1) is 0 Å². The van der Waals surface area contributed by atoms with Crippen LogP contribution in [0.4, 0.5) is 14.3 Å². The Balaban J connectivity index is 1.34. The number of fused-ring (bicyclic) bond motifs is 2. The largest absolute Gasteiger partial charge is 0.497 e. The lowest BCUT2D eigenvalue weighted by Crippen LogP contribution is -2.40. The number of amides is 1. The zero-order chi connectivity index (χ0) is 34.4. The van der Waals surface area contributed by atoms with Crippen molar-refractivity contribution in [2.45, 2.75) is 64.2 Å². The van der Waals surface area contributed by atoms with Crippen molar-refractivity contribution < 1.29 is 31.5 Å². The van der Waals surface area contributed by atoms with E-state index in [9.17, 15) is 18.0 Å². The minimum absolute atomic E-state index is 0.0103. The van der Waals surface area contributed by atoms with Crippen LogP contribution in [0.2, 0.25) is 0 Å². The predicted molar refractivity (Wildman–Crippen MR) is 177 cm³/mol. The average Bonchev–Trinajstić information content (AvgIpc) is 3.67. The predicted octanol–water partition coefficient (Wildman–Crippen LogP) is 5.64. The summed E-state index contributed by atoms with van der Waals surface area (Å²) in [5.74, 6) is -1.25. The molecule has 1 aliphatic rings. The lowest BCUT2D eigenvalue weighted by Gasteiger charge is -2.32. The van der Waals surface area contributed by atoms with E-state index in [1.54, 1.807) is 43.9 Å². The van der Waals surface area contributed by atoms with Gasteiger partial charge in [-0.25, -0.2) is 31.7 Å². The van der Waals surface area contributed by atoms with Gasteiger partial charge >= 0.3 is 11.8 Å². The number of hydrogen-bond donors (Lipinski definition) is 0. The van der Waals surface area contributed by atoms with E-state index in [0.717, 1.165) is 50.2 Å². The van der Waals surface area contributed by atoms with Crippen LogP contribution in [0.5, 0.6) is 5.75 Å². The van der Waals surface area contributed by atoms with E-state index in [4.69, 9.17) is 13.9 Å². The molecule has 6 rings (SSSR count). The first-order valence-corrected chi connectivity index (χ1v) is 17.3. The molecule has 252 valence electrons. The quantitative estimate of drug-likeness (QED) is 0.202. The van der Waals surface area contributed by atoms with E-state index >= 15 is 4.39 Å². The van der Waals surface area contributed by atoms with Crippen molar-refractivity contribution in [3.05, 3.63) is 99.0 Å². The maximum Gasteiger partial charge on any atom is 0.420 e. The Morgan fingerprint density at radius 1 is 1.15 bits per heavy atom. The Labute approximate surface area is 280 Å². The van der Waals surface area contributed by atoms with E-state index in [1.165, 1.54) is 18.0 Å². The molecule has 0 N–H and O–H groups in total. The number of hydrogen-bond acceptors (Lipinski definition) is 10. The van der Waals surface area contributed by atoms with E-state index < -0.39 is 38.2 Å². The number of anilines is 1. The van der Waals surface area contributed by atoms with Crippen LogP contribution in [0, 0.1) is 12.7 Å². The lowest BCUT2D eigenvalue weighted by atomic mass is 9.95. The van der Waals surface area contributed by atoms with Crippen LogP contribution in [0.3, 0.4) is 0 Å². The van der Waals surface area contributed by atoms with Crippen LogP contribution in [0.15, 0.2) is 69.0 Å². The van der Waals surface area contributed by atoms with Crippen molar-refractivity contribution in [3.8, 4) is 5.75 Å². The highest BCUT2D eigenvalue weighted by Gasteiger charge is 2.33. The summed E-state index contributed by atoms with van der Waals surface area (Å²) in [4.78, 5) is 31.0. The highest BCUT2D eigenvalue weighted by atomic mass is 32.2. The summed E-state index contributed by atoms with van der Waals surface area (Å²) in [6, 6.07) is 12.9. The van der Waals surface area contributed by atoms with Crippen LogP contribution in [-0.2, 0) is 40.8 Å². The van der Waals surface area contributed by atoms with Crippen molar-refractivity contribution in [1.29, 1.82) is 0 Å². The zero-order valence-electron chi connectivity index (χ0n) is 27.0. The van der Waals surface area contributed by atoms with Crippen molar-refractivity contribution in [2.75, 3.05) is 18.0 Å². The number of nitrogens with zero attached hydrogens (tertiary/aromatic N) is 5. The van der Waals surface area contributed by atoms with E-state index in [2.05, 4.69) is 9.36 Å². The van der Waals surface area contributed by atoms with Gasteiger partial charge in [0.25, 0.3) is 10.0 Å². The molecule has 15 heteroatoms. The second kappa shape index (κ2) is 12.7. The third kappa shape index (κ3) is 6.52. The minimum atomic E-state index is -4.56. The number of aryl methyl sites for hydroxylation is 1. The molecule has 1 aliphatic heterocycles. The summed E-state index contributed by atoms with van der Waals surface area (Å²) in [6.45, 7) is 7.82. The molecule has 0 fully saturated rings. The Hall–Kier alpha value is -4.76. The van der Waals surface area contributed by atoms with Crippen LogP contribution >= 0.6 is 11.5 Å². The Kier molecular flexibility index (Phi) is 8.76. The number of carbonyl (C=O) groups excluding carboxylic acids is 1. The van der Waals surface area contributed by atoms with E-state index in [0.29, 0.717) is 24.3 Å². The molecule has 0 bridgehead atoms. The van der Waals surface area contributed by atoms with Crippen molar-refractivity contribution in [1.82, 2.24) is 18.8 Å². The summed E-state index contributed by atoms with van der Waals surface area (Å²) >= 11 is 0.847. The lowest BCUT2D eigenvalue weighted by molar-refractivity contribution is 0.0223. The van der Waals surface area contributed by atoms with Gasteiger partial charge in [0.2, 0.25) is 5.13 Å². The molecule has 2 aromatic heterocycles. The molecule has 0 saturated heterocycles. The fourth-order valence-corrected chi connectivity index (χ4v) is 7.84. The fourth-order valence-electron chi connectivity index (χ4n) is 5.64. The monoisotopic (exact) mass is 695 g/mol. The number of rotatable bonds is 8. The highest BCUT2D eigenvalue weighted by molar-refractivity contribution is 7.93. The van der Waals surface area contributed by atoms with Gasteiger partial charge in [-0.3, -0.25) is 4.57 Å². The Bertz CT molecular complexity index is 2170. The molecule has 0 aliphatic carbocycles. The second-order valence-corrected chi connectivity index (χ2v) is 15.0. The molecule has 1 amide bonds. The van der Waals surface area contributed by atoms with Gasteiger partial charge in [0.1, 0.15) is 28.4 Å². The molecule has 5 aromatic rings. The normalized spacial score (nSPS) is 13.4. The molecule has 0 radical (unpaired) electrons. The van der Waals surface area contributed by atoms with Crippen molar-refractivity contribution in [2.24, 2.45) is 0 Å². The second-order valence-electron chi connectivity index (χ2n) is 12.4. The van der Waals surface area contributed by atoms with Crippen LogP contribution in [-0.4, -0.2) is 52.6 Å². The third-order valence-electron chi connectivity index (χ3n) is 8.07. The SMILES string of the molecule is COc1ccc(CN(c2ncns2)S(=O)(=O)c2cc3oc(=O)n(Cc4cccc5c4CN(C(=O)OC(C)(C)C)CC5)c3cc2F)c(C)c1. The van der Waals surface area contributed by atoms with Crippen LogP contribution in [0.1, 0.15) is 48.6 Å². The molecule has 12 nitrogen and oxygen atoms in total. The van der Waals surface area contributed by atoms with Crippen LogP contribution in [0.25, 0.3) is 11.1 Å². The van der Waals surface area contributed by atoms with Gasteiger partial charge in [-0.05, 0) is 74.1 Å². The van der Waals surface area contributed by atoms with Gasteiger partial charge in [0, 0.05) is 36.8 Å². The number of benzene rings is 3. The molecule has 0 atom stereocenters. The number of oxazole rings is 1.